The number of carbonyl (C=O) groups is 1. The molecule has 0 aliphatic carbocycles. The molecule has 0 unspecified atom stereocenters. The van der Waals surface area contributed by atoms with Crippen LogP contribution in [0.3, 0.4) is 0 Å². The topological polar surface area (TPSA) is 72.4 Å². The van der Waals surface area contributed by atoms with Gasteiger partial charge in [0.05, 0.1) is 6.04 Å². The molecule has 0 radical (unpaired) electrons. The van der Waals surface area contributed by atoms with Crippen molar-refractivity contribution in [1.29, 1.82) is 0 Å². The van der Waals surface area contributed by atoms with Gasteiger partial charge in [-0.1, -0.05) is 26.0 Å². The number of amides is 1. The Morgan fingerprint density at radius 2 is 1.83 bits per heavy atom. The van der Waals surface area contributed by atoms with Crippen LogP contribution in [0.1, 0.15) is 19.4 Å². The number of nitrogens with zero attached hydrogens (tertiary/aromatic N) is 1. The number of hydrogen-bond acceptors (Lipinski definition) is 3. The van der Waals surface area contributed by atoms with E-state index in [9.17, 15) is 4.79 Å². The number of carbonyl (C=O) groups excluding carboxylic acids is 1. The van der Waals surface area contributed by atoms with Crippen molar-refractivity contribution in [2.24, 2.45) is 11.7 Å². The van der Waals surface area contributed by atoms with Crippen LogP contribution in [0.25, 0.3) is 0 Å². The Kier molecular flexibility index (Phi) is 5.16. The largest absolute Gasteiger partial charge is 0.399 e. The molecule has 0 aliphatic rings. The van der Waals surface area contributed by atoms with E-state index in [1.807, 2.05) is 50.1 Å². The summed E-state index contributed by atoms with van der Waals surface area (Å²) >= 11 is 0. The van der Waals surface area contributed by atoms with E-state index < -0.39 is 0 Å². The van der Waals surface area contributed by atoms with Crippen LogP contribution in [0.2, 0.25) is 0 Å². The van der Waals surface area contributed by atoms with Crippen LogP contribution < -0.4 is 11.5 Å². The number of rotatable bonds is 6. The Morgan fingerprint density at radius 1 is 1.28 bits per heavy atom. The summed E-state index contributed by atoms with van der Waals surface area (Å²) in [6.07, 6.45) is 0.882. The highest BCUT2D eigenvalue weighted by Crippen LogP contribution is 2.11. The molecule has 0 heterocycles. The molecule has 0 spiro atoms. The Labute approximate surface area is 109 Å². The van der Waals surface area contributed by atoms with Gasteiger partial charge < -0.3 is 11.5 Å². The van der Waals surface area contributed by atoms with Crippen molar-refractivity contribution in [3.05, 3.63) is 29.8 Å². The zero-order chi connectivity index (χ0) is 13.7. The molecule has 1 aromatic carbocycles. The fourth-order valence-corrected chi connectivity index (χ4v) is 2.18. The van der Waals surface area contributed by atoms with Gasteiger partial charge in [-0.05, 0) is 37.1 Å². The Morgan fingerprint density at radius 3 is 2.28 bits per heavy atom. The standard InChI is InChI=1S/C14H23N3O/c1-10(2)13(14(16)18)17(3)9-8-11-4-6-12(15)7-5-11/h4-7,10,13H,8-9,15H2,1-3H3,(H2,16,18)/t13-/m0/s1. The lowest BCUT2D eigenvalue weighted by Gasteiger charge is -2.28. The number of anilines is 1. The molecule has 0 aliphatic heterocycles. The van der Waals surface area contributed by atoms with Gasteiger partial charge in [-0.15, -0.1) is 0 Å². The number of benzene rings is 1. The molecule has 1 atom stereocenters. The van der Waals surface area contributed by atoms with Gasteiger partial charge in [-0.25, -0.2) is 0 Å². The van der Waals surface area contributed by atoms with Crippen LogP contribution in [0.5, 0.6) is 0 Å². The zero-order valence-corrected chi connectivity index (χ0v) is 11.4. The maximum Gasteiger partial charge on any atom is 0.235 e. The van der Waals surface area contributed by atoms with E-state index in [-0.39, 0.29) is 17.9 Å². The SMILES string of the molecule is CC(C)[C@@H](C(N)=O)N(C)CCc1ccc(N)cc1. The third-order valence-corrected chi connectivity index (χ3v) is 3.13. The molecule has 0 aromatic heterocycles. The summed E-state index contributed by atoms with van der Waals surface area (Å²) in [6, 6.07) is 7.60. The average molecular weight is 249 g/mol. The quantitative estimate of drug-likeness (QED) is 0.745. The number of nitrogens with two attached hydrogens (primary N) is 2. The highest BCUT2D eigenvalue weighted by molar-refractivity contribution is 5.80. The minimum atomic E-state index is -0.259. The predicted octanol–water partition coefficient (Wildman–Crippen LogP) is 1.25. The van der Waals surface area contributed by atoms with Crippen LogP contribution in [-0.2, 0) is 11.2 Å². The summed E-state index contributed by atoms with van der Waals surface area (Å²) < 4.78 is 0. The second kappa shape index (κ2) is 6.40. The summed E-state index contributed by atoms with van der Waals surface area (Å²) in [5, 5.41) is 0. The summed E-state index contributed by atoms with van der Waals surface area (Å²) in [7, 11) is 1.94. The fraction of sp³-hybridized carbons (Fsp3) is 0.500. The minimum Gasteiger partial charge on any atom is -0.399 e. The van der Waals surface area contributed by atoms with Crippen molar-refractivity contribution in [1.82, 2.24) is 4.90 Å². The van der Waals surface area contributed by atoms with Crippen LogP contribution in [0, 0.1) is 5.92 Å². The number of likely N-dealkylation sites (N-methyl/N-ethyl adjacent to an activating group) is 1. The van der Waals surface area contributed by atoms with Crippen molar-refractivity contribution in [2.45, 2.75) is 26.3 Å². The van der Waals surface area contributed by atoms with Crippen molar-refractivity contribution in [3.8, 4) is 0 Å². The van der Waals surface area contributed by atoms with Gasteiger partial charge in [0.25, 0.3) is 0 Å². The molecular formula is C14H23N3O. The van der Waals surface area contributed by atoms with E-state index in [0.717, 1.165) is 18.7 Å². The van der Waals surface area contributed by atoms with Crippen molar-refractivity contribution < 1.29 is 4.79 Å². The molecule has 100 valence electrons. The van der Waals surface area contributed by atoms with E-state index in [0.29, 0.717) is 0 Å². The molecular weight excluding hydrogens is 226 g/mol. The minimum absolute atomic E-state index is 0.209. The molecule has 0 saturated carbocycles. The first-order chi connectivity index (χ1) is 8.41. The predicted molar refractivity (Wildman–Crippen MR) is 75.0 cm³/mol. The van der Waals surface area contributed by atoms with Crippen molar-refractivity contribution >= 4 is 11.6 Å². The molecule has 1 rings (SSSR count). The number of nitrogen functional groups attached to an aromatic ring is 1. The third-order valence-electron chi connectivity index (χ3n) is 3.13. The lowest BCUT2D eigenvalue weighted by Crippen LogP contribution is -2.46. The highest BCUT2D eigenvalue weighted by atomic mass is 16.1. The number of hydrogen-bond donors (Lipinski definition) is 2. The summed E-state index contributed by atoms with van der Waals surface area (Å²) in [6.45, 7) is 4.82. The monoisotopic (exact) mass is 249 g/mol. The van der Waals surface area contributed by atoms with E-state index in [1.54, 1.807) is 0 Å². The average Bonchev–Trinajstić information content (AvgIpc) is 2.27. The molecule has 0 fully saturated rings. The Bertz CT molecular complexity index is 387. The van der Waals surface area contributed by atoms with Gasteiger partial charge in [-0.3, -0.25) is 9.69 Å². The Balaban J connectivity index is 2.56. The molecule has 18 heavy (non-hydrogen) atoms. The van der Waals surface area contributed by atoms with Gasteiger partial charge in [0, 0.05) is 12.2 Å². The molecule has 4 heteroatoms. The summed E-state index contributed by atoms with van der Waals surface area (Å²) in [5.41, 5.74) is 13.0. The normalized spacial score (nSPS) is 12.9. The molecule has 0 bridgehead atoms. The van der Waals surface area contributed by atoms with Gasteiger partial charge in [0.2, 0.25) is 5.91 Å². The third kappa shape index (κ3) is 4.04. The highest BCUT2D eigenvalue weighted by Gasteiger charge is 2.23. The number of primary amides is 1. The second-order valence-corrected chi connectivity index (χ2v) is 5.06. The van der Waals surface area contributed by atoms with Crippen molar-refractivity contribution in [2.75, 3.05) is 19.3 Å². The van der Waals surface area contributed by atoms with Gasteiger partial charge >= 0.3 is 0 Å². The zero-order valence-electron chi connectivity index (χ0n) is 11.4. The Hall–Kier alpha value is -1.55. The summed E-state index contributed by atoms with van der Waals surface area (Å²) in [4.78, 5) is 13.4. The molecule has 1 amide bonds. The smallest absolute Gasteiger partial charge is 0.235 e. The fourth-order valence-electron chi connectivity index (χ4n) is 2.18. The molecule has 4 nitrogen and oxygen atoms in total. The first-order valence-electron chi connectivity index (χ1n) is 6.25. The second-order valence-electron chi connectivity index (χ2n) is 5.06. The van der Waals surface area contributed by atoms with Crippen molar-refractivity contribution in [3.63, 3.8) is 0 Å². The van der Waals surface area contributed by atoms with Gasteiger partial charge in [-0.2, -0.15) is 0 Å². The van der Waals surface area contributed by atoms with E-state index >= 15 is 0 Å². The van der Waals surface area contributed by atoms with Crippen LogP contribution in [0.15, 0.2) is 24.3 Å². The van der Waals surface area contributed by atoms with E-state index in [2.05, 4.69) is 0 Å². The molecule has 0 saturated heterocycles. The van der Waals surface area contributed by atoms with Crippen LogP contribution >= 0.6 is 0 Å². The van der Waals surface area contributed by atoms with E-state index in [4.69, 9.17) is 11.5 Å². The van der Waals surface area contributed by atoms with Gasteiger partial charge in [0.15, 0.2) is 0 Å². The molecule has 4 N–H and O–H groups in total. The summed E-state index contributed by atoms with van der Waals surface area (Å²) in [5.74, 6) is -0.0382. The lowest BCUT2D eigenvalue weighted by atomic mass is 10.0. The van der Waals surface area contributed by atoms with Crippen LogP contribution in [0.4, 0.5) is 5.69 Å². The lowest BCUT2D eigenvalue weighted by molar-refractivity contribution is -0.124. The van der Waals surface area contributed by atoms with Gasteiger partial charge in [0.1, 0.15) is 0 Å². The molecule has 1 aromatic rings. The first-order valence-corrected chi connectivity index (χ1v) is 6.25. The van der Waals surface area contributed by atoms with E-state index in [1.165, 1.54) is 5.56 Å². The van der Waals surface area contributed by atoms with Crippen LogP contribution in [-0.4, -0.2) is 30.4 Å². The first kappa shape index (κ1) is 14.5. The maximum atomic E-state index is 11.4. The maximum absolute atomic E-state index is 11.4.